The molecule has 0 saturated heterocycles. The molecule has 0 spiro atoms. The van der Waals surface area contributed by atoms with Crippen molar-refractivity contribution in [2.24, 2.45) is 10.4 Å². The Labute approximate surface area is 149 Å². The third kappa shape index (κ3) is 4.42. The Balaban J connectivity index is 3.98. The van der Waals surface area contributed by atoms with E-state index in [1.807, 2.05) is 0 Å². The molecular formula is C15H16F6NO5-. The van der Waals surface area contributed by atoms with Crippen LogP contribution in [0.15, 0.2) is 16.3 Å². The van der Waals surface area contributed by atoms with Gasteiger partial charge in [0.2, 0.25) is 0 Å². The van der Waals surface area contributed by atoms with E-state index in [-0.39, 0.29) is 0 Å². The number of carbonyl (C=O) groups is 2. The molecule has 154 valence electrons. The number of carboxylic acids is 1. The number of hydrogen-bond donors (Lipinski definition) is 0. The highest BCUT2D eigenvalue weighted by Gasteiger charge is 2.60. The average Bonchev–Trinajstić information content (AvgIpc) is 2.45. The van der Waals surface area contributed by atoms with Gasteiger partial charge < -0.3 is 19.4 Å². The Hall–Kier alpha value is -2.11. The highest BCUT2D eigenvalue weighted by molar-refractivity contribution is 6.12. The van der Waals surface area contributed by atoms with Crippen molar-refractivity contribution in [1.82, 2.24) is 0 Å². The minimum atomic E-state index is -5.57. The molecule has 27 heavy (non-hydrogen) atoms. The van der Waals surface area contributed by atoms with Crippen LogP contribution in [0.25, 0.3) is 0 Å². The summed E-state index contributed by atoms with van der Waals surface area (Å²) in [7, 11) is 0. The van der Waals surface area contributed by atoms with E-state index in [9.17, 15) is 41.0 Å². The molecule has 1 rings (SSSR count). The second kappa shape index (κ2) is 7.49. The van der Waals surface area contributed by atoms with Gasteiger partial charge in [0.05, 0.1) is 29.7 Å². The number of carbonyl (C=O) groups excluding carboxylic acids is 2. The molecule has 2 atom stereocenters. The normalized spacial score (nSPS) is 24.1. The van der Waals surface area contributed by atoms with Gasteiger partial charge in [-0.1, -0.05) is 0 Å². The van der Waals surface area contributed by atoms with Crippen molar-refractivity contribution in [3.05, 3.63) is 11.3 Å². The fourth-order valence-corrected chi connectivity index (χ4v) is 2.49. The largest absolute Gasteiger partial charge is 0.549 e. The van der Waals surface area contributed by atoms with Gasteiger partial charge in [-0.25, -0.2) is 9.79 Å². The van der Waals surface area contributed by atoms with Gasteiger partial charge in [-0.3, -0.25) is 0 Å². The number of aliphatic carboxylic acids is 1. The number of carboxylic acid groups (broad SMARTS) is 1. The number of rotatable bonds is 5. The zero-order chi connectivity index (χ0) is 21.4. The molecule has 12 heteroatoms. The Morgan fingerprint density at radius 1 is 1.19 bits per heavy atom. The van der Waals surface area contributed by atoms with Gasteiger partial charge in [0, 0.05) is 0 Å². The highest BCUT2D eigenvalue weighted by Crippen LogP contribution is 2.46. The monoisotopic (exact) mass is 404 g/mol. The van der Waals surface area contributed by atoms with E-state index in [1.165, 1.54) is 20.8 Å². The number of aliphatic imine (C=N–C) groups is 1. The minimum absolute atomic E-state index is 0.417. The fourth-order valence-electron chi connectivity index (χ4n) is 2.49. The van der Waals surface area contributed by atoms with E-state index in [0.717, 1.165) is 0 Å². The van der Waals surface area contributed by atoms with Crippen LogP contribution >= 0.6 is 0 Å². The number of hydrogen-bond acceptors (Lipinski definition) is 6. The maximum Gasteiger partial charge on any atom is 0.433 e. The van der Waals surface area contributed by atoms with E-state index in [2.05, 4.69) is 9.73 Å². The molecule has 1 aliphatic heterocycles. The molecule has 0 fully saturated rings. The number of nitrogens with zero attached hydrogens (tertiary/aromatic N) is 1. The lowest BCUT2D eigenvalue weighted by Gasteiger charge is -2.43. The number of ether oxygens (including phenoxy) is 2. The molecule has 1 heterocycles. The van der Waals surface area contributed by atoms with Crippen molar-refractivity contribution >= 4 is 17.7 Å². The maximum atomic E-state index is 13.4. The summed E-state index contributed by atoms with van der Waals surface area (Å²) in [5, 5.41) is 11.6. The second-order valence-electron chi connectivity index (χ2n) is 5.99. The summed E-state index contributed by atoms with van der Waals surface area (Å²) < 4.78 is 89.7. The van der Waals surface area contributed by atoms with E-state index in [4.69, 9.17) is 4.74 Å². The van der Waals surface area contributed by atoms with Gasteiger partial charge in [0.15, 0.2) is 5.70 Å². The second-order valence-corrected chi connectivity index (χ2v) is 5.99. The summed E-state index contributed by atoms with van der Waals surface area (Å²) in [6.45, 7) is 3.75. The number of esters is 1. The summed E-state index contributed by atoms with van der Waals surface area (Å²) in [5.41, 5.74) is -9.20. The molecule has 0 aromatic heterocycles. The standard InChI is InChI=1S/C15H17F6NO5/c1-5-26-10(23)7-8(14(16,17)18)22-11(15(19,20)21)13(4,12(24)25)9(7)27-6(2)3/h6,9H,5H2,1-4H3,(H,24,25)/p-1. The smallest absolute Gasteiger partial charge is 0.433 e. The molecule has 2 unspecified atom stereocenters. The van der Waals surface area contributed by atoms with E-state index in [1.54, 1.807) is 0 Å². The Morgan fingerprint density at radius 3 is 2.04 bits per heavy atom. The van der Waals surface area contributed by atoms with Crippen molar-refractivity contribution in [2.75, 3.05) is 6.61 Å². The fraction of sp³-hybridized carbons (Fsp3) is 0.667. The van der Waals surface area contributed by atoms with Gasteiger partial charge >= 0.3 is 18.3 Å². The number of alkyl halides is 6. The molecule has 0 saturated carbocycles. The first kappa shape index (κ1) is 22.9. The summed E-state index contributed by atoms with van der Waals surface area (Å²) in [6.07, 6.45) is -14.6. The third-order valence-corrected chi connectivity index (χ3v) is 3.62. The van der Waals surface area contributed by atoms with Crippen LogP contribution in [0.3, 0.4) is 0 Å². The van der Waals surface area contributed by atoms with Crippen LogP contribution in [-0.4, -0.2) is 48.8 Å². The number of allylic oxidation sites excluding steroid dienone is 1. The Bertz CT molecular complexity index is 679. The quantitative estimate of drug-likeness (QED) is 0.516. The van der Waals surface area contributed by atoms with Crippen molar-refractivity contribution in [3.63, 3.8) is 0 Å². The van der Waals surface area contributed by atoms with E-state index in [0.29, 0.717) is 6.92 Å². The molecule has 0 N–H and O–H groups in total. The summed E-state index contributed by atoms with van der Waals surface area (Å²) in [6, 6.07) is 0. The zero-order valence-corrected chi connectivity index (χ0v) is 14.6. The van der Waals surface area contributed by atoms with Crippen molar-refractivity contribution < 1.29 is 50.5 Å². The maximum absolute atomic E-state index is 13.4. The van der Waals surface area contributed by atoms with Crippen LogP contribution in [0.2, 0.25) is 0 Å². The first-order valence-corrected chi connectivity index (χ1v) is 7.60. The zero-order valence-electron chi connectivity index (χ0n) is 14.6. The SMILES string of the molecule is CCOC(=O)C1=C(C(F)(F)F)N=C(C(F)(F)F)C(C)(C(=O)[O-])C1OC(C)C. The topological polar surface area (TPSA) is 88.0 Å². The lowest BCUT2D eigenvalue weighted by molar-refractivity contribution is -0.319. The molecule has 0 aliphatic carbocycles. The van der Waals surface area contributed by atoms with Gasteiger partial charge in [0.25, 0.3) is 0 Å². The summed E-state index contributed by atoms with van der Waals surface area (Å²) >= 11 is 0. The van der Waals surface area contributed by atoms with Crippen molar-refractivity contribution in [2.45, 2.75) is 52.3 Å². The minimum Gasteiger partial charge on any atom is -0.549 e. The molecular weight excluding hydrogens is 388 g/mol. The molecule has 0 aromatic carbocycles. The van der Waals surface area contributed by atoms with Crippen molar-refractivity contribution in [3.8, 4) is 0 Å². The van der Waals surface area contributed by atoms with Crippen LogP contribution in [0.1, 0.15) is 27.7 Å². The van der Waals surface area contributed by atoms with E-state index >= 15 is 0 Å². The molecule has 1 aliphatic rings. The van der Waals surface area contributed by atoms with Crippen LogP contribution in [0.4, 0.5) is 26.3 Å². The highest BCUT2D eigenvalue weighted by atomic mass is 19.4. The molecule has 0 aromatic rings. The van der Waals surface area contributed by atoms with Crippen molar-refractivity contribution in [1.29, 1.82) is 0 Å². The first-order chi connectivity index (χ1) is 12.1. The van der Waals surface area contributed by atoms with Gasteiger partial charge in [0.1, 0.15) is 11.8 Å². The molecule has 0 radical (unpaired) electrons. The van der Waals surface area contributed by atoms with Crippen LogP contribution in [-0.2, 0) is 19.1 Å². The Kier molecular flexibility index (Phi) is 6.36. The van der Waals surface area contributed by atoms with Gasteiger partial charge in [-0.05, 0) is 27.7 Å². The molecule has 6 nitrogen and oxygen atoms in total. The first-order valence-electron chi connectivity index (χ1n) is 7.60. The third-order valence-electron chi connectivity index (χ3n) is 3.62. The lowest BCUT2D eigenvalue weighted by Crippen LogP contribution is -2.61. The summed E-state index contributed by atoms with van der Waals surface area (Å²) in [4.78, 5) is 26.2. The van der Waals surface area contributed by atoms with Crippen LogP contribution in [0, 0.1) is 5.41 Å². The van der Waals surface area contributed by atoms with Gasteiger partial charge in [-0.15, -0.1) is 0 Å². The lowest BCUT2D eigenvalue weighted by atomic mass is 9.73. The Morgan fingerprint density at radius 2 is 1.70 bits per heavy atom. The number of halogens is 6. The molecule has 0 bridgehead atoms. The predicted molar refractivity (Wildman–Crippen MR) is 76.3 cm³/mol. The average molecular weight is 404 g/mol. The predicted octanol–water partition coefficient (Wildman–Crippen LogP) is 1.93. The van der Waals surface area contributed by atoms with E-state index < -0.39 is 65.5 Å². The molecule has 0 amide bonds. The van der Waals surface area contributed by atoms with Crippen LogP contribution in [0.5, 0.6) is 0 Å². The summed E-state index contributed by atoms with van der Waals surface area (Å²) in [5.74, 6) is -4.10. The van der Waals surface area contributed by atoms with Gasteiger partial charge in [-0.2, -0.15) is 26.3 Å². The van der Waals surface area contributed by atoms with Crippen LogP contribution < -0.4 is 5.11 Å².